The van der Waals surface area contributed by atoms with E-state index in [2.05, 4.69) is 11.4 Å². The number of methoxy groups -OCH3 is 1. The van der Waals surface area contributed by atoms with E-state index in [9.17, 15) is 4.79 Å². The molecule has 19 heavy (non-hydrogen) atoms. The molecule has 0 spiro atoms. The van der Waals surface area contributed by atoms with Gasteiger partial charge in [-0.2, -0.15) is 0 Å². The van der Waals surface area contributed by atoms with Gasteiger partial charge in [-0.1, -0.05) is 6.07 Å². The summed E-state index contributed by atoms with van der Waals surface area (Å²) < 4.78 is 5.09. The normalized spacial score (nSPS) is 14.6. The molecule has 0 bridgehead atoms. The van der Waals surface area contributed by atoms with Crippen molar-refractivity contribution in [2.75, 3.05) is 26.8 Å². The highest BCUT2D eigenvalue weighted by Crippen LogP contribution is 2.18. The van der Waals surface area contributed by atoms with Gasteiger partial charge in [0, 0.05) is 37.5 Å². The molecule has 1 amide bonds. The maximum Gasteiger partial charge on any atom is 0.224 e. The second kappa shape index (κ2) is 7.62. The second-order valence-electron chi connectivity index (χ2n) is 4.87. The quantitative estimate of drug-likeness (QED) is 0.752. The van der Waals surface area contributed by atoms with Crippen LogP contribution in [0.3, 0.4) is 0 Å². The van der Waals surface area contributed by atoms with Gasteiger partial charge in [-0.15, -0.1) is 11.3 Å². The van der Waals surface area contributed by atoms with Gasteiger partial charge < -0.3 is 15.0 Å². The first-order valence-corrected chi connectivity index (χ1v) is 7.70. The Kier molecular flexibility index (Phi) is 5.82. The van der Waals surface area contributed by atoms with Crippen LogP contribution in [0.25, 0.3) is 0 Å². The Hall–Kier alpha value is -0.910. The van der Waals surface area contributed by atoms with Gasteiger partial charge in [0.2, 0.25) is 5.91 Å². The molecule has 1 aromatic heterocycles. The SMILES string of the molecule is COCCN(Cc1cccs1)C(=O)CCNC1CC1. The molecular weight excluding hydrogens is 260 g/mol. The molecule has 1 fully saturated rings. The van der Waals surface area contributed by atoms with E-state index >= 15 is 0 Å². The summed E-state index contributed by atoms with van der Waals surface area (Å²) in [6.07, 6.45) is 3.10. The molecule has 0 radical (unpaired) electrons. The highest BCUT2D eigenvalue weighted by Gasteiger charge is 2.21. The monoisotopic (exact) mass is 282 g/mol. The Bertz CT molecular complexity index is 377. The van der Waals surface area contributed by atoms with E-state index in [4.69, 9.17) is 4.74 Å². The Morgan fingerprint density at radius 3 is 3.05 bits per heavy atom. The molecule has 1 aromatic rings. The van der Waals surface area contributed by atoms with Crippen LogP contribution in [-0.4, -0.2) is 43.7 Å². The fraction of sp³-hybridized carbons (Fsp3) is 0.643. The molecule has 0 aliphatic heterocycles. The largest absolute Gasteiger partial charge is 0.383 e. The Labute approximate surface area is 118 Å². The molecule has 1 saturated carbocycles. The van der Waals surface area contributed by atoms with Gasteiger partial charge in [-0.25, -0.2) is 0 Å². The summed E-state index contributed by atoms with van der Waals surface area (Å²) in [4.78, 5) is 15.3. The fourth-order valence-electron chi connectivity index (χ4n) is 1.91. The Morgan fingerprint density at radius 2 is 2.42 bits per heavy atom. The fourth-order valence-corrected chi connectivity index (χ4v) is 2.63. The van der Waals surface area contributed by atoms with Crippen LogP contribution in [0.1, 0.15) is 24.1 Å². The van der Waals surface area contributed by atoms with E-state index in [0.717, 1.165) is 6.54 Å². The lowest BCUT2D eigenvalue weighted by molar-refractivity contribution is -0.132. The third-order valence-electron chi connectivity index (χ3n) is 3.19. The number of carbonyl (C=O) groups excluding carboxylic acids is 1. The maximum atomic E-state index is 12.2. The highest BCUT2D eigenvalue weighted by molar-refractivity contribution is 7.09. The lowest BCUT2D eigenvalue weighted by Gasteiger charge is -2.22. The van der Waals surface area contributed by atoms with Crippen molar-refractivity contribution in [2.45, 2.75) is 31.8 Å². The molecule has 0 aromatic carbocycles. The number of nitrogens with one attached hydrogen (secondary N) is 1. The van der Waals surface area contributed by atoms with Crippen molar-refractivity contribution in [2.24, 2.45) is 0 Å². The molecule has 106 valence electrons. The van der Waals surface area contributed by atoms with E-state index in [1.807, 2.05) is 16.3 Å². The number of thiophene rings is 1. The van der Waals surface area contributed by atoms with Crippen molar-refractivity contribution in [1.29, 1.82) is 0 Å². The summed E-state index contributed by atoms with van der Waals surface area (Å²) in [5, 5.41) is 5.43. The van der Waals surface area contributed by atoms with E-state index in [1.165, 1.54) is 17.7 Å². The Morgan fingerprint density at radius 1 is 1.58 bits per heavy atom. The molecular formula is C14H22N2O2S. The number of ether oxygens (including phenoxy) is 1. The van der Waals surface area contributed by atoms with Crippen molar-refractivity contribution in [3.8, 4) is 0 Å². The van der Waals surface area contributed by atoms with E-state index in [1.54, 1.807) is 18.4 Å². The zero-order chi connectivity index (χ0) is 13.5. The third kappa shape index (κ3) is 5.30. The van der Waals surface area contributed by atoms with Gasteiger partial charge in [0.25, 0.3) is 0 Å². The molecule has 2 rings (SSSR count). The van der Waals surface area contributed by atoms with Crippen LogP contribution in [0.2, 0.25) is 0 Å². The molecule has 1 N–H and O–H groups in total. The third-order valence-corrected chi connectivity index (χ3v) is 4.06. The van der Waals surface area contributed by atoms with Crippen LogP contribution >= 0.6 is 11.3 Å². The van der Waals surface area contributed by atoms with Crippen LogP contribution in [0.5, 0.6) is 0 Å². The minimum Gasteiger partial charge on any atom is -0.383 e. The summed E-state index contributed by atoms with van der Waals surface area (Å²) in [7, 11) is 1.67. The van der Waals surface area contributed by atoms with Crippen molar-refractivity contribution in [3.63, 3.8) is 0 Å². The van der Waals surface area contributed by atoms with Gasteiger partial charge in [0.1, 0.15) is 0 Å². The van der Waals surface area contributed by atoms with Crippen LogP contribution in [-0.2, 0) is 16.1 Å². The summed E-state index contributed by atoms with van der Waals surface area (Å²) in [6.45, 7) is 2.74. The molecule has 0 unspecified atom stereocenters. The number of hydrogen-bond acceptors (Lipinski definition) is 4. The first kappa shape index (κ1) is 14.5. The smallest absolute Gasteiger partial charge is 0.224 e. The van der Waals surface area contributed by atoms with Crippen LogP contribution < -0.4 is 5.32 Å². The average Bonchev–Trinajstić information content (AvgIpc) is 3.09. The summed E-state index contributed by atoms with van der Waals surface area (Å²) in [5.41, 5.74) is 0. The van der Waals surface area contributed by atoms with Gasteiger partial charge in [0.05, 0.1) is 13.2 Å². The topological polar surface area (TPSA) is 41.6 Å². The average molecular weight is 282 g/mol. The van der Waals surface area contributed by atoms with E-state index in [-0.39, 0.29) is 5.91 Å². The molecule has 0 saturated heterocycles. The minimum absolute atomic E-state index is 0.207. The first-order chi connectivity index (χ1) is 9.29. The molecule has 5 heteroatoms. The van der Waals surface area contributed by atoms with Crippen LogP contribution in [0.4, 0.5) is 0 Å². The maximum absolute atomic E-state index is 12.2. The predicted octanol–water partition coefficient (Wildman–Crippen LogP) is 1.87. The van der Waals surface area contributed by atoms with Crippen molar-refractivity contribution < 1.29 is 9.53 Å². The van der Waals surface area contributed by atoms with Crippen molar-refractivity contribution in [3.05, 3.63) is 22.4 Å². The number of hydrogen-bond donors (Lipinski definition) is 1. The molecule has 1 aliphatic carbocycles. The first-order valence-electron chi connectivity index (χ1n) is 6.82. The highest BCUT2D eigenvalue weighted by atomic mass is 32.1. The zero-order valence-corrected chi connectivity index (χ0v) is 12.2. The lowest BCUT2D eigenvalue weighted by Crippen LogP contribution is -2.35. The summed E-state index contributed by atoms with van der Waals surface area (Å²) in [6, 6.07) is 4.76. The zero-order valence-electron chi connectivity index (χ0n) is 11.4. The minimum atomic E-state index is 0.207. The standard InChI is InChI=1S/C14H22N2O2S/c1-18-9-8-16(11-13-3-2-10-19-13)14(17)6-7-15-12-4-5-12/h2-3,10,12,15H,4-9,11H2,1H3. The van der Waals surface area contributed by atoms with Crippen LogP contribution in [0, 0.1) is 0 Å². The molecule has 1 aliphatic rings. The predicted molar refractivity (Wildman–Crippen MR) is 77.3 cm³/mol. The van der Waals surface area contributed by atoms with Gasteiger partial charge in [0.15, 0.2) is 0 Å². The number of rotatable bonds is 9. The number of carbonyl (C=O) groups is 1. The molecule has 4 nitrogen and oxygen atoms in total. The van der Waals surface area contributed by atoms with Gasteiger partial charge in [-0.3, -0.25) is 4.79 Å². The Balaban J connectivity index is 1.78. The van der Waals surface area contributed by atoms with Crippen LogP contribution in [0.15, 0.2) is 17.5 Å². The molecule has 1 heterocycles. The van der Waals surface area contributed by atoms with Gasteiger partial charge >= 0.3 is 0 Å². The summed E-state index contributed by atoms with van der Waals surface area (Å²) in [5.74, 6) is 0.207. The number of amides is 1. The van der Waals surface area contributed by atoms with Crippen molar-refractivity contribution >= 4 is 17.2 Å². The molecule has 0 atom stereocenters. The summed E-state index contributed by atoms with van der Waals surface area (Å²) >= 11 is 1.69. The van der Waals surface area contributed by atoms with E-state index in [0.29, 0.717) is 32.2 Å². The van der Waals surface area contributed by atoms with Gasteiger partial charge in [-0.05, 0) is 24.3 Å². The second-order valence-corrected chi connectivity index (χ2v) is 5.90. The number of nitrogens with zero attached hydrogens (tertiary/aromatic N) is 1. The van der Waals surface area contributed by atoms with Crippen molar-refractivity contribution in [1.82, 2.24) is 10.2 Å². The lowest BCUT2D eigenvalue weighted by atomic mass is 10.3. The van der Waals surface area contributed by atoms with E-state index < -0.39 is 0 Å².